The van der Waals surface area contributed by atoms with Gasteiger partial charge in [-0.05, 0) is 48.2 Å². The molecule has 29 heavy (non-hydrogen) atoms. The normalized spacial score (nSPS) is 19.3. The van der Waals surface area contributed by atoms with E-state index in [0.29, 0.717) is 12.8 Å². The number of carbonyl (C=O) groups excluding carboxylic acids is 1. The van der Waals surface area contributed by atoms with Gasteiger partial charge in [-0.15, -0.1) is 0 Å². The van der Waals surface area contributed by atoms with Gasteiger partial charge in [0.25, 0.3) is 5.91 Å². The van der Waals surface area contributed by atoms with Crippen molar-refractivity contribution in [3.8, 4) is 11.5 Å². The number of amides is 1. The average Bonchev–Trinajstić information content (AvgIpc) is 3.43. The summed E-state index contributed by atoms with van der Waals surface area (Å²) >= 11 is 0. The quantitative estimate of drug-likeness (QED) is 0.818. The highest BCUT2D eigenvalue weighted by Gasteiger charge is 2.24. The summed E-state index contributed by atoms with van der Waals surface area (Å²) in [5.74, 6) is 1.75. The Morgan fingerprint density at radius 1 is 0.897 bits per heavy atom. The molecule has 2 heterocycles. The van der Waals surface area contributed by atoms with E-state index < -0.39 is 0 Å². The molecule has 1 saturated heterocycles. The fourth-order valence-electron chi connectivity index (χ4n) is 3.97. The molecule has 0 radical (unpaired) electrons. The number of hydrogen-bond donors (Lipinski definition) is 1. The highest BCUT2D eigenvalue weighted by molar-refractivity contribution is 5.94. The molecule has 6 heteroatoms. The van der Waals surface area contributed by atoms with Crippen LogP contribution in [0.3, 0.4) is 0 Å². The number of fused-ring (bicyclic) bond motifs is 1. The van der Waals surface area contributed by atoms with Crippen molar-refractivity contribution >= 4 is 5.91 Å². The number of ether oxygens (including phenoxy) is 2. The highest BCUT2D eigenvalue weighted by Crippen LogP contribution is 2.32. The summed E-state index contributed by atoms with van der Waals surface area (Å²) in [7, 11) is 0. The van der Waals surface area contributed by atoms with Gasteiger partial charge in [0.05, 0.1) is 0 Å². The van der Waals surface area contributed by atoms with E-state index in [-0.39, 0.29) is 5.91 Å². The van der Waals surface area contributed by atoms with Crippen LogP contribution < -0.4 is 14.8 Å². The molecule has 2 aromatic carbocycles. The van der Waals surface area contributed by atoms with Crippen LogP contribution in [0.2, 0.25) is 0 Å². The van der Waals surface area contributed by atoms with Gasteiger partial charge >= 0.3 is 0 Å². The van der Waals surface area contributed by atoms with Crippen LogP contribution in [0, 0.1) is 0 Å². The maximum Gasteiger partial charge on any atom is 0.251 e. The molecule has 1 saturated carbocycles. The average molecular weight is 393 g/mol. The van der Waals surface area contributed by atoms with E-state index in [4.69, 9.17) is 9.47 Å². The van der Waals surface area contributed by atoms with Crippen molar-refractivity contribution in [3.63, 3.8) is 0 Å². The molecule has 152 valence electrons. The van der Waals surface area contributed by atoms with Gasteiger partial charge in [-0.2, -0.15) is 0 Å². The first-order chi connectivity index (χ1) is 14.2. The van der Waals surface area contributed by atoms with Crippen LogP contribution in [0.25, 0.3) is 0 Å². The Morgan fingerprint density at radius 3 is 2.31 bits per heavy atom. The van der Waals surface area contributed by atoms with Crippen LogP contribution in [0.1, 0.15) is 34.3 Å². The third-order valence-corrected chi connectivity index (χ3v) is 5.82. The second kappa shape index (κ2) is 8.05. The summed E-state index contributed by atoms with van der Waals surface area (Å²) in [5, 5.41) is 3.07. The monoisotopic (exact) mass is 393 g/mol. The zero-order valence-electron chi connectivity index (χ0n) is 16.6. The predicted octanol–water partition coefficient (Wildman–Crippen LogP) is 2.63. The molecule has 0 bridgehead atoms. The summed E-state index contributed by atoms with van der Waals surface area (Å²) in [6.45, 7) is 6.28. The molecule has 1 amide bonds. The van der Waals surface area contributed by atoms with Crippen LogP contribution in [0.15, 0.2) is 42.5 Å². The van der Waals surface area contributed by atoms with Crippen molar-refractivity contribution in [2.75, 3.05) is 33.0 Å². The molecule has 3 aliphatic rings. The summed E-state index contributed by atoms with van der Waals surface area (Å²) < 4.78 is 10.9. The van der Waals surface area contributed by atoms with Crippen molar-refractivity contribution < 1.29 is 14.3 Å². The lowest BCUT2D eigenvalue weighted by molar-refractivity contribution is 0.0950. The van der Waals surface area contributed by atoms with Crippen molar-refractivity contribution in [1.29, 1.82) is 0 Å². The number of carbonyl (C=O) groups is 1. The molecule has 0 unspecified atom stereocenters. The summed E-state index contributed by atoms with van der Waals surface area (Å²) in [4.78, 5) is 17.2. The summed E-state index contributed by atoms with van der Waals surface area (Å²) in [6.07, 6.45) is 2.23. The van der Waals surface area contributed by atoms with E-state index in [0.717, 1.165) is 69.2 Å². The Hall–Kier alpha value is -2.57. The molecule has 2 fully saturated rings. The van der Waals surface area contributed by atoms with E-state index in [2.05, 4.69) is 33.3 Å². The molecule has 1 aliphatic carbocycles. The summed E-state index contributed by atoms with van der Waals surface area (Å²) in [6, 6.07) is 14.7. The lowest BCUT2D eigenvalue weighted by atomic mass is 10.1. The van der Waals surface area contributed by atoms with E-state index >= 15 is 0 Å². The minimum atomic E-state index is 0.0582. The highest BCUT2D eigenvalue weighted by atomic mass is 16.7. The smallest absolute Gasteiger partial charge is 0.251 e. The minimum Gasteiger partial charge on any atom is -0.454 e. The molecular weight excluding hydrogens is 366 g/mol. The first-order valence-corrected chi connectivity index (χ1v) is 10.5. The van der Waals surface area contributed by atoms with Gasteiger partial charge in [0.15, 0.2) is 11.5 Å². The van der Waals surface area contributed by atoms with Crippen LogP contribution >= 0.6 is 0 Å². The van der Waals surface area contributed by atoms with Gasteiger partial charge in [0, 0.05) is 50.9 Å². The number of piperazine rings is 1. The maximum atomic E-state index is 12.3. The van der Waals surface area contributed by atoms with Gasteiger partial charge in [-0.1, -0.05) is 18.2 Å². The number of rotatable bonds is 6. The Morgan fingerprint density at radius 2 is 1.59 bits per heavy atom. The Kier molecular flexibility index (Phi) is 5.12. The van der Waals surface area contributed by atoms with Crippen LogP contribution in [-0.2, 0) is 13.1 Å². The van der Waals surface area contributed by atoms with Crippen molar-refractivity contribution in [1.82, 2.24) is 15.1 Å². The Bertz CT molecular complexity index is 889. The Balaban J connectivity index is 1.13. The summed E-state index contributed by atoms with van der Waals surface area (Å²) in [5.41, 5.74) is 3.24. The first-order valence-electron chi connectivity index (χ1n) is 10.5. The van der Waals surface area contributed by atoms with E-state index in [1.54, 1.807) is 0 Å². The van der Waals surface area contributed by atoms with E-state index in [9.17, 15) is 4.79 Å². The van der Waals surface area contributed by atoms with Crippen molar-refractivity contribution in [2.45, 2.75) is 32.0 Å². The third-order valence-electron chi connectivity index (χ3n) is 5.82. The number of nitrogens with zero attached hydrogens (tertiary/aromatic N) is 2. The SMILES string of the molecule is O=C(NC1CC1)c1cccc(CN2CCN(Cc3ccc4c(c3)OCO4)CC2)c1. The molecule has 0 aromatic heterocycles. The van der Waals surface area contributed by atoms with Gasteiger partial charge in [0.2, 0.25) is 6.79 Å². The number of benzene rings is 2. The predicted molar refractivity (Wildman–Crippen MR) is 110 cm³/mol. The molecular formula is C23H27N3O3. The molecule has 0 atom stereocenters. The topological polar surface area (TPSA) is 54.0 Å². The largest absolute Gasteiger partial charge is 0.454 e. The second-order valence-electron chi connectivity index (χ2n) is 8.19. The zero-order chi connectivity index (χ0) is 19.6. The molecule has 1 N–H and O–H groups in total. The van der Waals surface area contributed by atoms with E-state index in [1.165, 1.54) is 11.1 Å². The third kappa shape index (κ3) is 4.54. The second-order valence-corrected chi connectivity index (χ2v) is 8.19. The van der Waals surface area contributed by atoms with Crippen molar-refractivity contribution in [2.24, 2.45) is 0 Å². The fraction of sp³-hybridized carbons (Fsp3) is 0.435. The van der Waals surface area contributed by atoms with Gasteiger partial charge in [0.1, 0.15) is 0 Å². The van der Waals surface area contributed by atoms with E-state index in [1.807, 2.05) is 24.3 Å². The standard InChI is InChI=1S/C23H27N3O3/c27-23(24-20-5-6-20)19-3-1-2-17(12-19)14-25-8-10-26(11-9-25)15-18-4-7-21-22(13-18)29-16-28-21/h1-4,7,12-13,20H,5-6,8-11,14-16H2,(H,24,27). The van der Waals surface area contributed by atoms with Gasteiger partial charge in [-0.3, -0.25) is 14.6 Å². The van der Waals surface area contributed by atoms with Crippen LogP contribution in [0.5, 0.6) is 11.5 Å². The minimum absolute atomic E-state index is 0.0582. The lowest BCUT2D eigenvalue weighted by Gasteiger charge is -2.34. The van der Waals surface area contributed by atoms with Crippen LogP contribution in [0.4, 0.5) is 0 Å². The molecule has 2 aromatic rings. The Labute approximate surface area is 171 Å². The van der Waals surface area contributed by atoms with Gasteiger partial charge < -0.3 is 14.8 Å². The van der Waals surface area contributed by atoms with Crippen LogP contribution in [-0.4, -0.2) is 54.7 Å². The molecule has 2 aliphatic heterocycles. The number of hydrogen-bond acceptors (Lipinski definition) is 5. The lowest BCUT2D eigenvalue weighted by Crippen LogP contribution is -2.45. The molecule has 5 rings (SSSR count). The van der Waals surface area contributed by atoms with Crippen molar-refractivity contribution in [3.05, 3.63) is 59.2 Å². The maximum absolute atomic E-state index is 12.3. The number of nitrogens with one attached hydrogen (secondary N) is 1. The zero-order valence-corrected chi connectivity index (χ0v) is 16.6. The molecule has 6 nitrogen and oxygen atoms in total. The van der Waals surface area contributed by atoms with Gasteiger partial charge in [-0.25, -0.2) is 0 Å². The fourth-order valence-corrected chi connectivity index (χ4v) is 3.97. The molecule has 0 spiro atoms. The first kappa shape index (κ1) is 18.5.